The van der Waals surface area contributed by atoms with Crippen molar-refractivity contribution in [3.63, 3.8) is 0 Å². The van der Waals surface area contributed by atoms with E-state index in [0.29, 0.717) is 0 Å². The Labute approximate surface area is 165 Å². The molecule has 0 fully saturated rings. The second-order valence-corrected chi connectivity index (χ2v) is 7.00. The van der Waals surface area contributed by atoms with Gasteiger partial charge in [-0.1, -0.05) is 0 Å². The minimum absolute atomic E-state index is 0. The van der Waals surface area contributed by atoms with Crippen LogP contribution in [0.15, 0.2) is 0 Å². The molecule has 0 aromatic carbocycles. The zero-order chi connectivity index (χ0) is 21.0. The summed E-state index contributed by atoms with van der Waals surface area (Å²) in [5, 5.41) is 0. The van der Waals surface area contributed by atoms with E-state index in [1.165, 1.54) is 0 Å². The van der Waals surface area contributed by atoms with Crippen LogP contribution < -0.4 is 0 Å². The maximum atomic E-state index is 10.7. The van der Waals surface area contributed by atoms with Crippen molar-refractivity contribution in [1.29, 1.82) is 0 Å². The first-order chi connectivity index (χ1) is 9.75. The summed E-state index contributed by atoms with van der Waals surface area (Å²) in [6.07, 6.45) is 0. The van der Waals surface area contributed by atoms with Crippen molar-refractivity contribution in [2.24, 2.45) is 0 Å². The van der Waals surface area contributed by atoms with E-state index in [4.69, 9.17) is 38.9 Å². The number of halogens is 9. The molecule has 0 spiro atoms. The molecule has 0 atom stereocenters. The summed E-state index contributed by atoms with van der Waals surface area (Å²) < 4.78 is 173. The van der Waals surface area contributed by atoms with Crippen LogP contribution in [0, 0.1) is 41.3 Å². The standard InChI is InChI=1S/3CHF3O3S.Pr/c3*2-1(3,4)8(5,6)7;/h3*(H,5,6,7);. The molecule has 1 radical (unpaired) electrons. The van der Waals surface area contributed by atoms with Gasteiger partial charge in [0, 0.05) is 41.3 Å². The average molecular weight is 591 g/mol. The Morgan fingerprint density at radius 1 is 0.440 bits per heavy atom. The normalized spacial score (nSPS) is 13.4. The Kier molecular flexibility index (Phi) is 13.4. The van der Waals surface area contributed by atoms with Gasteiger partial charge in [-0.2, -0.15) is 64.8 Å². The second kappa shape index (κ2) is 10.1. The fourth-order valence-electron chi connectivity index (χ4n) is 0. The Morgan fingerprint density at radius 3 is 0.480 bits per heavy atom. The van der Waals surface area contributed by atoms with Crippen LogP contribution in [0.3, 0.4) is 0 Å². The molecule has 9 nitrogen and oxygen atoms in total. The van der Waals surface area contributed by atoms with Crippen LogP contribution in [0.25, 0.3) is 0 Å². The third-order valence-corrected chi connectivity index (χ3v) is 2.63. The van der Waals surface area contributed by atoms with E-state index in [1.807, 2.05) is 0 Å². The van der Waals surface area contributed by atoms with Crippen LogP contribution in [0.2, 0.25) is 0 Å². The Bertz CT molecular complexity index is 596. The van der Waals surface area contributed by atoms with E-state index < -0.39 is 46.9 Å². The Balaban J connectivity index is -0.000000130. The molecule has 0 unspecified atom stereocenters. The number of hydrogen-bond acceptors (Lipinski definition) is 6. The molecule has 0 saturated carbocycles. The molecule has 0 aliphatic carbocycles. The Morgan fingerprint density at radius 2 is 0.480 bits per heavy atom. The zero-order valence-electron chi connectivity index (χ0n) is 10.5. The molecule has 0 saturated heterocycles. The largest absolute Gasteiger partial charge is 0.522 e. The summed E-state index contributed by atoms with van der Waals surface area (Å²) in [7, 11) is -17.5. The van der Waals surface area contributed by atoms with E-state index in [1.54, 1.807) is 0 Å². The van der Waals surface area contributed by atoms with Crippen molar-refractivity contribution < 1.29 is 120 Å². The number of rotatable bonds is 0. The molecular formula is C3H3F9O9PrS3. The monoisotopic (exact) mass is 591 g/mol. The molecule has 0 aromatic heterocycles. The molecule has 22 heteroatoms. The molecule has 0 amide bonds. The van der Waals surface area contributed by atoms with Gasteiger partial charge < -0.3 is 0 Å². The maximum absolute atomic E-state index is 10.7. The van der Waals surface area contributed by atoms with E-state index in [-0.39, 0.29) is 41.3 Å². The third-order valence-electron chi connectivity index (χ3n) is 0.877. The molecule has 153 valence electrons. The molecule has 0 rings (SSSR count). The third kappa shape index (κ3) is 16.4. The zero-order valence-corrected chi connectivity index (χ0v) is 16.6. The molecule has 0 heterocycles. The van der Waals surface area contributed by atoms with Gasteiger partial charge in [-0.25, -0.2) is 0 Å². The minimum Gasteiger partial charge on any atom is -0.279 e. The van der Waals surface area contributed by atoms with Crippen molar-refractivity contribution in [3.8, 4) is 0 Å². The first-order valence-electron chi connectivity index (χ1n) is 3.86. The fourth-order valence-corrected chi connectivity index (χ4v) is 0. The quantitative estimate of drug-likeness (QED) is 0.213. The molecule has 0 aliphatic rings. The molecule has 0 bridgehead atoms. The fraction of sp³-hybridized carbons (Fsp3) is 1.00. The maximum Gasteiger partial charge on any atom is 0.522 e. The number of alkyl halides is 9. The van der Waals surface area contributed by atoms with Gasteiger partial charge in [0.2, 0.25) is 0 Å². The van der Waals surface area contributed by atoms with Crippen LogP contribution in [-0.2, 0) is 30.4 Å². The van der Waals surface area contributed by atoms with E-state index in [9.17, 15) is 39.5 Å². The number of hydrogen-bond donors (Lipinski definition) is 3. The Hall–Kier alpha value is 0.464. The first-order valence-corrected chi connectivity index (χ1v) is 8.18. The average Bonchev–Trinajstić information content (AvgIpc) is 2.08. The van der Waals surface area contributed by atoms with Crippen molar-refractivity contribution in [1.82, 2.24) is 0 Å². The van der Waals surface area contributed by atoms with Gasteiger partial charge in [-0.3, -0.25) is 13.7 Å². The molecular weight excluding hydrogens is 588 g/mol. The molecule has 0 aliphatic heterocycles. The minimum atomic E-state index is -5.84. The van der Waals surface area contributed by atoms with Crippen LogP contribution in [0.4, 0.5) is 39.5 Å². The van der Waals surface area contributed by atoms with E-state index in [0.717, 1.165) is 0 Å². The summed E-state index contributed by atoms with van der Waals surface area (Å²) in [6, 6.07) is 0. The van der Waals surface area contributed by atoms with Crippen LogP contribution >= 0.6 is 0 Å². The molecule has 0 aromatic rings. The van der Waals surface area contributed by atoms with Gasteiger partial charge in [-0.05, 0) is 0 Å². The smallest absolute Gasteiger partial charge is 0.279 e. The summed E-state index contributed by atoms with van der Waals surface area (Å²) >= 11 is 0. The van der Waals surface area contributed by atoms with Crippen LogP contribution in [0.1, 0.15) is 0 Å². The SMILES string of the molecule is O=S(=O)(O)C(F)(F)F.O=S(=O)(O)C(F)(F)F.O=S(=O)(O)C(F)(F)F.[Pr]. The van der Waals surface area contributed by atoms with Gasteiger partial charge >= 0.3 is 46.9 Å². The predicted molar refractivity (Wildman–Crippen MR) is 52.8 cm³/mol. The molecule has 3 N–H and O–H groups in total. The first kappa shape index (κ1) is 33.1. The molecule has 25 heavy (non-hydrogen) atoms. The van der Waals surface area contributed by atoms with Gasteiger partial charge in [0.25, 0.3) is 0 Å². The van der Waals surface area contributed by atoms with Crippen LogP contribution in [0.5, 0.6) is 0 Å². The summed E-state index contributed by atoms with van der Waals surface area (Å²) in [5.74, 6) is 0. The van der Waals surface area contributed by atoms with Gasteiger partial charge in [0.05, 0.1) is 0 Å². The van der Waals surface area contributed by atoms with Gasteiger partial charge in [0.15, 0.2) is 0 Å². The predicted octanol–water partition coefficient (Wildman–Crippen LogP) is 1.18. The van der Waals surface area contributed by atoms with Crippen molar-refractivity contribution in [2.45, 2.75) is 16.5 Å². The van der Waals surface area contributed by atoms with Gasteiger partial charge in [-0.15, -0.1) is 0 Å². The van der Waals surface area contributed by atoms with Crippen molar-refractivity contribution in [2.75, 3.05) is 0 Å². The summed E-state index contributed by atoms with van der Waals surface area (Å²) in [6.45, 7) is 0. The summed E-state index contributed by atoms with van der Waals surface area (Å²) in [5.41, 5.74) is -16.6. The van der Waals surface area contributed by atoms with E-state index >= 15 is 0 Å². The van der Waals surface area contributed by atoms with Gasteiger partial charge in [0.1, 0.15) is 0 Å². The summed E-state index contributed by atoms with van der Waals surface area (Å²) in [4.78, 5) is 0. The topological polar surface area (TPSA) is 163 Å². The van der Waals surface area contributed by atoms with Crippen molar-refractivity contribution in [3.05, 3.63) is 0 Å². The van der Waals surface area contributed by atoms with Crippen molar-refractivity contribution >= 4 is 30.4 Å². The van der Waals surface area contributed by atoms with E-state index in [2.05, 4.69) is 0 Å². The van der Waals surface area contributed by atoms with Crippen LogP contribution in [-0.4, -0.2) is 55.4 Å². The second-order valence-electron chi connectivity index (χ2n) is 2.76.